The minimum Gasteiger partial charge on any atom is -0.350 e. The van der Waals surface area contributed by atoms with E-state index in [1.54, 1.807) is 30.3 Å². The number of hydrogen-bond acceptors (Lipinski definition) is 4. The fourth-order valence-corrected chi connectivity index (χ4v) is 4.02. The Morgan fingerprint density at radius 3 is 2.31 bits per heavy atom. The summed E-state index contributed by atoms with van der Waals surface area (Å²) in [6, 6.07) is 21.7. The van der Waals surface area contributed by atoms with E-state index < -0.39 is 17.6 Å². The second-order valence-electron chi connectivity index (χ2n) is 6.15. The summed E-state index contributed by atoms with van der Waals surface area (Å²) in [5.41, 5.74) is 0.543. The number of halogens is 2. The van der Waals surface area contributed by atoms with Crippen molar-refractivity contribution in [3.05, 3.63) is 100 Å². The van der Waals surface area contributed by atoms with Crippen LogP contribution in [-0.2, 0) is 9.59 Å². The predicted molar refractivity (Wildman–Crippen MR) is 113 cm³/mol. The van der Waals surface area contributed by atoms with Crippen LogP contribution in [0.2, 0.25) is 5.02 Å². The van der Waals surface area contributed by atoms with Gasteiger partial charge in [0.1, 0.15) is 16.4 Å². The zero-order chi connectivity index (χ0) is 20.4. The van der Waals surface area contributed by atoms with Gasteiger partial charge in [0.05, 0.1) is 5.69 Å². The van der Waals surface area contributed by atoms with Crippen molar-refractivity contribution in [1.82, 2.24) is 0 Å². The standard InChI is InChI=1S/C22H14ClFN2O2S/c23-14-7-6-8-15(13-14)25-19-20(29-16-9-2-1-3-10-16)22(28)26(21(19)27)18-12-5-4-11-17(18)24/h1-13,25H. The Balaban J connectivity index is 1.77. The van der Waals surface area contributed by atoms with Gasteiger partial charge in [-0.05, 0) is 42.5 Å². The van der Waals surface area contributed by atoms with Crippen molar-refractivity contribution in [3.63, 3.8) is 0 Å². The molecule has 0 radical (unpaired) electrons. The Hall–Kier alpha value is -3.09. The Morgan fingerprint density at radius 1 is 0.862 bits per heavy atom. The number of amides is 2. The summed E-state index contributed by atoms with van der Waals surface area (Å²) in [6.07, 6.45) is 0. The molecule has 0 spiro atoms. The number of carbonyl (C=O) groups excluding carboxylic acids is 2. The van der Waals surface area contributed by atoms with Gasteiger partial charge in [-0.15, -0.1) is 0 Å². The summed E-state index contributed by atoms with van der Waals surface area (Å²) >= 11 is 7.18. The molecule has 4 rings (SSSR count). The zero-order valence-electron chi connectivity index (χ0n) is 14.9. The average Bonchev–Trinajstić information content (AvgIpc) is 2.93. The van der Waals surface area contributed by atoms with Gasteiger partial charge in [0.15, 0.2) is 0 Å². The lowest BCUT2D eigenvalue weighted by molar-refractivity contribution is -0.120. The monoisotopic (exact) mass is 424 g/mol. The molecule has 3 aromatic rings. The van der Waals surface area contributed by atoms with Gasteiger partial charge in [-0.1, -0.05) is 59.8 Å². The van der Waals surface area contributed by atoms with E-state index >= 15 is 0 Å². The number of thioether (sulfide) groups is 1. The fourth-order valence-electron chi connectivity index (χ4n) is 2.88. The quantitative estimate of drug-likeness (QED) is 0.552. The lowest BCUT2D eigenvalue weighted by Crippen LogP contribution is -2.33. The first-order chi connectivity index (χ1) is 14.0. The molecule has 1 N–H and O–H groups in total. The number of imide groups is 1. The van der Waals surface area contributed by atoms with E-state index in [1.807, 2.05) is 30.3 Å². The van der Waals surface area contributed by atoms with E-state index in [2.05, 4.69) is 5.32 Å². The molecule has 144 valence electrons. The van der Waals surface area contributed by atoms with Crippen LogP contribution >= 0.6 is 23.4 Å². The van der Waals surface area contributed by atoms with E-state index in [0.717, 1.165) is 21.6 Å². The highest BCUT2D eigenvalue weighted by Crippen LogP contribution is 2.38. The van der Waals surface area contributed by atoms with Crippen LogP contribution in [0.5, 0.6) is 0 Å². The summed E-state index contributed by atoms with van der Waals surface area (Å²) in [4.78, 5) is 28.1. The molecule has 0 unspecified atom stereocenters. The molecule has 0 saturated carbocycles. The van der Waals surface area contributed by atoms with Crippen molar-refractivity contribution < 1.29 is 14.0 Å². The molecule has 1 heterocycles. The summed E-state index contributed by atoms with van der Waals surface area (Å²) in [6.45, 7) is 0. The lowest BCUT2D eigenvalue weighted by Gasteiger charge is -2.16. The third-order valence-electron chi connectivity index (χ3n) is 4.19. The number of carbonyl (C=O) groups is 2. The van der Waals surface area contributed by atoms with E-state index in [1.165, 1.54) is 18.2 Å². The van der Waals surface area contributed by atoms with Crippen molar-refractivity contribution in [1.29, 1.82) is 0 Å². The Labute approximate surface area is 176 Å². The minimum absolute atomic E-state index is 0.0781. The second kappa shape index (κ2) is 8.11. The predicted octanol–water partition coefficient (Wildman–Crippen LogP) is 5.47. The Bertz CT molecular complexity index is 1130. The van der Waals surface area contributed by atoms with Crippen molar-refractivity contribution in [2.24, 2.45) is 0 Å². The van der Waals surface area contributed by atoms with Crippen LogP contribution in [0.25, 0.3) is 0 Å². The van der Waals surface area contributed by atoms with E-state index in [0.29, 0.717) is 10.7 Å². The van der Waals surface area contributed by atoms with Crippen LogP contribution in [0.1, 0.15) is 0 Å². The summed E-state index contributed by atoms with van der Waals surface area (Å²) in [7, 11) is 0. The zero-order valence-corrected chi connectivity index (χ0v) is 16.5. The van der Waals surface area contributed by atoms with Crippen molar-refractivity contribution >= 4 is 46.6 Å². The maximum atomic E-state index is 14.3. The molecule has 7 heteroatoms. The third kappa shape index (κ3) is 3.90. The summed E-state index contributed by atoms with van der Waals surface area (Å²) in [5, 5.41) is 3.47. The number of benzene rings is 3. The number of para-hydroxylation sites is 1. The van der Waals surface area contributed by atoms with Gasteiger partial charge in [-0.3, -0.25) is 9.59 Å². The van der Waals surface area contributed by atoms with Crippen LogP contribution in [0.3, 0.4) is 0 Å². The number of rotatable bonds is 5. The van der Waals surface area contributed by atoms with E-state index in [-0.39, 0.29) is 16.3 Å². The first-order valence-corrected chi connectivity index (χ1v) is 9.87. The number of nitrogens with zero attached hydrogens (tertiary/aromatic N) is 1. The number of nitrogens with one attached hydrogen (secondary N) is 1. The minimum atomic E-state index is -0.651. The van der Waals surface area contributed by atoms with Gasteiger partial charge in [0, 0.05) is 15.6 Å². The average molecular weight is 425 g/mol. The first kappa shape index (κ1) is 19.2. The lowest BCUT2D eigenvalue weighted by atomic mass is 10.2. The Kier molecular flexibility index (Phi) is 5.38. The summed E-state index contributed by atoms with van der Waals surface area (Å²) < 4.78 is 14.3. The van der Waals surface area contributed by atoms with Crippen LogP contribution in [0.4, 0.5) is 15.8 Å². The second-order valence-corrected chi connectivity index (χ2v) is 7.67. The SMILES string of the molecule is O=C1C(Nc2cccc(Cl)c2)=C(Sc2ccccc2)C(=O)N1c1ccccc1F. The number of anilines is 2. The molecular weight excluding hydrogens is 411 g/mol. The van der Waals surface area contributed by atoms with Gasteiger partial charge >= 0.3 is 0 Å². The topological polar surface area (TPSA) is 49.4 Å². The largest absolute Gasteiger partial charge is 0.350 e. The van der Waals surface area contributed by atoms with Crippen LogP contribution in [0, 0.1) is 5.82 Å². The molecule has 29 heavy (non-hydrogen) atoms. The molecule has 0 aliphatic carbocycles. The molecule has 0 fully saturated rings. The highest BCUT2D eigenvalue weighted by Gasteiger charge is 2.41. The van der Waals surface area contributed by atoms with Gasteiger partial charge < -0.3 is 5.32 Å². The first-order valence-electron chi connectivity index (χ1n) is 8.67. The van der Waals surface area contributed by atoms with Crippen molar-refractivity contribution in [2.45, 2.75) is 4.90 Å². The van der Waals surface area contributed by atoms with Gasteiger partial charge in [-0.25, -0.2) is 9.29 Å². The highest BCUT2D eigenvalue weighted by atomic mass is 35.5. The van der Waals surface area contributed by atoms with Gasteiger partial charge in [0.2, 0.25) is 0 Å². The molecule has 1 aliphatic heterocycles. The molecular formula is C22H14ClFN2O2S. The van der Waals surface area contributed by atoms with Crippen LogP contribution in [0.15, 0.2) is 94.4 Å². The smallest absolute Gasteiger partial charge is 0.283 e. The van der Waals surface area contributed by atoms with Gasteiger partial charge in [0.25, 0.3) is 11.8 Å². The van der Waals surface area contributed by atoms with E-state index in [4.69, 9.17) is 11.6 Å². The molecule has 4 nitrogen and oxygen atoms in total. The third-order valence-corrected chi connectivity index (χ3v) is 5.52. The molecule has 0 aromatic heterocycles. The van der Waals surface area contributed by atoms with E-state index in [9.17, 15) is 14.0 Å². The Morgan fingerprint density at radius 2 is 1.59 bits per heavy atom. The van der Waals surface area contributed by atoms with Crippen molar-refractivity contribution in [2.75, 3.05) is 10.2 Å². The highest BCUT2D eigenvalue weighted by molar-refractivity contribution is 8.04. The van der Waals surface area contributed by atoms with Gasteiger partial charge in [-0.2, -0.15) is 0 Å². The summed E-state index contributed by atoms with van der Waals surface area (Å²) in [5.74, 6) is -1.86. The van der Waals surface area contributed by atoms with Crippen LogP contribution in [-0.4, -0.2) is 11.8 Å². The maximum absolute atomic E-state index is 14.3. The molecule has 0 atom stereocenters. The number of hydrogen-bond donors (Lipinski definition) is 1. The molecule has 1 aliphatic rings. The maximum Gasteiger partial charge on any atom is 0.283 e. The molecule has 3 aromatic carbocycles. The van der Waals surface area contributed by atoms with Crippen LogP contribution < -0.4 is 10.2 Å². The van der Waals surface area contributed by atoms with Crippen molar-refractivity contribution in [3.8, 4) is 0 Å². The fraction of sp³-hybridized carbons (Fsp3) is 0. The molecule has 0 saturated heterocycles. The normalized spacial score (nSPS) is 13.9. The molecule has 2 amide bonds. The molecule has 0 bridgehead atoms.